The van der Waals surface area contributed by atoms with Gasteiger partial charge in [-0.25, -0.2) is 13.4 Å². The maximum atomic E-state index is 13.9. The van der Waals surface area contributed by atoms with E-state index in [1.54, 1.807) is 13.0 Å². The van der Waals surface area contributed by atoms with Gasteiger partial charge in [0.25, 0.3) is 0 Å². The molecule has 230 valence electrons. The van der Waals surface area contributed by atoms with Crippen LogP contribution < -0.4 is 0 Å². The SMILES string of the molecule is CC1=CC(N2CCOCC2)=NN2C1=CCC(C)C(CC1CCCC(S(C)(=O)=O)C1)=C2Cc1cccc(C(F)(F)F)c1C. The average Bonchev–Trinajstić information content (AvgIpc) is 3.06. The van der Waals surface area contributed by atoms with Crippen LogP contribution >= 0.6 is 0 Å². The minimum atomic E-state index is -4.44. The molecule has 0 amide bonds. The van der Waals surface area contributed by atoms with Gasteiger partial charge >= 0.3 is 6.18 Å². The molecular weight excluding hydrogens is 563 g/mol. The molecule has 6 nitrogen and oxygen atoms in total. The molecule has 3 aliphatic heterocycles. The van der Waals surface area contributed by atoms with Crippen molar-refractivity contribution >= 4 is 15.7 Å². The van der Waals surface area contributed by atoms with Crippen LogP contribution in [0.4, 0.5) is 13.2 Å². The Balaban J connectivity index is 1.61. The van der Waals surface area contributed by atoms with Gasteiger partial charge in [-0.05, 0) is 85.8 Å². The van der Waals surface area contributed by atoms with Gasteiger partial charge in [-0.3, -0.25) is 0 Å². The Kier molecular flexibility index (Phi) is 8.95. The van der Waals surface area contributed by atoms with Gasteiger partial charge in [-0.15, -0.1) is 0 Å². The summed E-state index contributed by atoms with van der Waals surface area (Å²) in [5, 5.41) is 6.79. The summed E-state index contributed by atoms with van der Waals surface area (Å²) in [4.78, 5) is 2.20. The van der Waals surface area contributed by atoms with Crippen LogP contribution in [0, 0.1) is 18.8 Å². The smallest absolute Gasteiger partial charge is 0.378 e. The van der Waals surface area contributed by atoms with E-state index >= 15 is 0 Å². The van der Waals surface area contributed by atoms with E-state index in [1.807, 2.05) is 5.01 Å². The van der Waals surface area contributed by atoms with Gasteiger partial charge in [-0.1, -0.05) is 38.0 Å². The molecule has 5 rings (SSSR count). The molecule has 2 fully saturated rings. The number of hydrogen-bond donors (Lipinski definition) is 0. The summed E-state index contributed by atoms with van der Waals surface area (Å²) in [6.07, 6.45) is 6.09. The summed E-state index contributed by atoms with van der Waals surface area (Å²) >= 11 is 0. The largest absolute Gasteiger partial charge is 0.416 e. The molecule has 1 aromatic carbocycles. The second-order valence-electron chi connectivity index (χ2n) is 12.3. The fourth-order valence-electron chi connectivity index (χ4n) is 6.87. The molecule has 1 saturated heterocycles. The van der Waals surface area contributed by atoms with Crippen LogP contribution in [0.15, 0.2) is 58.0 Å². The Morgan fingerprint density at radius 3 is 2.55 bits per heavy atom. The van der Waals surface area contributed by atoms with E-state index in [4.69, 9.17) is 9.84 Å². The number of rotatable bonds is 5. The summed E-state index contributed by atoms with van der Waals surface area (Å²) in [5.41, 5.74) is 4.34. The molecule has 42 heavy (non-hydrogen) atoms. The van der Waals surface area contributed by atoms with Crippen molar-refractivity contribution in [3.05, 3.63) is 69.6 Å². The maximum Gasteiger partial charge on any atom is 0.416 e. The van der Waals surface area contributed by atoms with Gasteiger partial charge in [0.05, 0.1) is 29.7 Å². The molecule has 3 unspecified atom stereocenters. The van der Waals surface area contributed by atoms with Crippen molar-refractivity contribution in [1.82, 2.24) is 9.91 Å². The van der Waals surface area contributed by atoms with Gasteiger partial charge in [-0.2, -0.15) is 18.3 Å². The highest BCUT2D eigenvalue weighted by Crippen LogP contribution is 2.42. The molecule has 4 aliphatic rings. The standard InChI is InChI=1S/C32H42F3N3O3S/c1-21-11-12-29-22(2)17-31(37-13-15-41-16-14-37)36-38(29)30(20-25-8-6-10-28(23(25)3)32(33,34)35)27(21)19-24-7-5-9-26(18-24)42(4,39)40/h6,8,10,12,17,21,24,26H,5,7,9,11,13-16,18-20H2,1-4H3. The van der Waals surface area contributed by atoms with Crippen molar-refractivity contribution in [2.45, 2.75) is 77.1 Å². The lowest BCUT2D eigenvalue weighted by Gasteiger charge is -2.36. The Hall–Kier alpha value is -2.59. The lowest BCUT2D eigenvalue weighted by atomic mass is 9.80. The minimum absolute atomic E-state index is 0.137. The molecule has 0 spiro atoms. The van der Waals surface area contributed by atoms with E-state index in [-0.39, 0.29) is 22.6 Å². The zero-order valence-corrected chi connectivity index (χ0v) is 25.8. The number of fused-ring (bicyclic) bond motifs is 1. The van der Waals surface area contributed by atoms with Crippen LogP contribution in [0.1, 0.15) is 69.1 Å². The number of morpholine rings is 1. The summed E-state index contributed by atoms with van der Waals surface area (Å²) in [5.74, 6) is 1.16. The molecule has 0 bridgehead atoms. The summed E-state index contributed by atoms with van der Waals surface area (Å²) < 4.78 is 72.2. The molecule has 10 heteroatoms. The van der Waals surface area contributed by atoms with Crippen LogP contribution in [0.2, 0.25) is 0 Å². The van der Waals surface area contributed by atoms with E-state index in [0.29, 0.717) is 44.5 Å². The number of hydrazone groups is 1. The van der Waals surface area contributed by atoms with Crippen LogP contribution in [0.5, 0.6) is 0 Å². The molecule has 0 radical (unpaired) electrons. The van der Waals surface area contributed by atoms with Crippen molar-refractivity contribution < 1.29 is 26.3 Å². The normalized spacial score (nSPS) is 25.9. The first-order valence-corrected chi connectivity index (χ1v) is 16.9. The number of ether oxygens (including phenoxy) is 1. The fraction of sp³-hybridized carbons (Fsp3) is 0.594. The van der Waals surface area contributed by atoms with Crippen LogP contribution in [-0.4, -0.2) is 62.0 Å². The lowest BCUT2D eigenvalue weighted by Crippen LogP contribution is -2.42. The van der Waals surface area contributed by atoms with Crippen molar-refractivity contribution in [3.63, 3.8) is 0 Å². The first-order chi connectivity index (χ1) is 19.8. The van der Waals surface area contributed by atoms with Gasteiger partial charge < -0.3 is 9.64 Å². The van der Waals surface area contributed by atoms with Crippen LogP contribution in [0.25, 0.3) is 0 Å². The highest BCUT2D eigenvalue weighted by Gasteiger charge is 2.36. The molecular formula is C32H42F3N3O3S. The average molecular weight is 606 g/mol. The summed E-state index contributed by atoms with van der Waals surface area (Å²) in [6.45, 7) is 8.47. The van der Waals surface area contributed by atoms with Gasteiger partial charge in [0.1, 0.15) is 15.7 Å². The summed E-state index contributed by atoms with van der Waals surface area (Å²) in [7, 11) is -3.14. The summed E-state index contributed by atoms with van der Waals surface area (Å²) in [6, 6.07) is 4.42. The molecule has 1 saturated carbocycles. The van der Waals surface area contributed by atoms with E-state index < -0.39 is 21.6 Å². The van der Waals surface area contributed by atoms with E-state index in [1.165, 1.54) is 12.3 Å². The van der Waals surface area contributed by atoms with Gasteiger partial charge in [0.15, 0.2) is 0 Å². The van der Waals surface area contributed by atoms with Crippen molar-refractivity contribution in [2.24, 2.45) is 16.9 Å². The van der Waals surface area contributed by atoms with E-state index in [2.05, 4.69) is 30.9 Å². The predicted molar refractivity (Wildman–Crippen MR) is 159 cm³/mol. The third-order valence-corrected chi connectivity index (χ3v) is 11.0. The number of benzene rings is 1. The van der Waals surface area contributed by atoms with Crippen molar-refractivity contribution in [1.29, 1.82) is 0 Å². The number of halogens is 3. The number of alkyl halides is 3. The van der Waals surface area contributed by atoms with Gasteiger partial charge in [0, 0.05) is 31.5 Å². The molecule has 1 aromatic rings. The zero-order valence-electron chi connectivity index (χ0n) is 25.0. The topological polar surface area (TPSA) is 62.2 Å². The van der Waals surface area contributed by atoms with Gasteiger partial charge in [0.2, 0.25) is 0 Å². The van der Waals surface area contributed by atoms with Crippen molar-refractivity contribution in [3.8, 4) is 0 Å². The highest BCUT2D eigenvalue weighted by atomic mass is 32.2. The Morgan fingerprint density at radius 1 is 1.12 bits per heavy atom. The lowest BCUT2D eigenvalue weighted by molar-refractivity contribution is -0.138. The number of sulfone groups is 1. The third kappa shape index (κ3) is 6.64. The Morgan fingerprint density at radius 2 is 1.86 bits per heavy atom. The Labute approximate surface area is 247 Å². The highest BCUT2D eigenvalue weighted by molar-refractivity contribution is 7.91. The predicted octanol–water partition coefficient (Wildman–Crippen LogP) is 6.64. The van der Waals surface area contributed by atoms with Crippen LogP contribution in [0.3, 0.4) is 0 Å². The second kappa shape index (κ2) is 12.2. The number of nitrogens with zero attached hydrogens (tertiary/aromatic N) is 3. The number of amidine groups is 1. The minimum Gasteiger partial charge on any atom is -0.378 e. The number of allylic oxidation sites excluding steroid dienone is 4. The first kappa shape index (κ1) is 30.9. The monoisotopic (exact) mass is 605 g/mol. The quantitative estimate of drug-likeness (QED) is 0.377. The van der Waals surface area contributed by atoms with E-state index in [9.17, 15) is 21.6 Å². The zero-order chi connectivity index (χ0) is 30.2. The van der Waals surface area contributed by atoms with E-state index in [0.717, 1.165) is 66.8 Å². The third-order valence-electron chi connectivity index (χ3n) is 9.36. The maximum absolute atomic E-state index is 13.9. The molecule has 1 aliphatic carbocycles. The second-order valence-corrected chi connectivity index (χ2v) is 14.7. The first-order valence-electron chi connectivity index (χ1n) is 15.0. The number of hydrogen-bond acceptors (Lipinski definition) is 6. The van der Waals surface area contributed by atoms with Crippen LogP contribution in [-0.2, 0) is 27.2 Å². The molecule has 0 N–H and O–H groups in total. The fourth-order valence-corrected chi connectivity index (χ4v) is 8.08. The molecule has 3 heterocycles. The molecule has 3 atom stereocenters. The Bertz CT molecular complexity index is 1420. The molecule has 0 aromatic heterocycles. The van der Waals surface area contributed by atoms with Crippen molar-refractivity contribution in [2.75, 3.05) is 32.6 Å².